The molecule has 0 saturated carbocycles. The van der Waals surface area contributed by atoms with E-state index in [0.29, 0.717) is 11.4 Å². The molecule has 1 heterocycles. The molecule has 124 valence electrons. The summed E-state index contributed by atoms with van der Waals surface area (Å²) in [5.41, 5.74) is 7.57. The van der Waals surface area contributed by atoms with Gasteiger partial charge in [0.1, 0.15) is 5.75 Å². The highest BCUT2D eigenvalue weighted by molar-refractivity contribution is 6.39. The van der Waals surface area contributed by atoms with Crippen LogP contribution in [0.5, 0.6) is 5.75 Å². The van der Waals surface area contributed by atoms with Crippen LogP contribution in [0.2, 0.25) is 0 Å². The Balaban J connectivity index is 1.90. The first kappa shape index (κ1) is 16.8. The lowest BCUT2D eigenvalue weighted by atomic mass is 10.2. The third-order valence-electron chi connectivity index (χ3n) is 3.66. The Morgan fingerprint density at radius 2 is 2.04 bits per heavy atom. The summed E-state index contributed by atoms with van der Waals surface area (Å²) in [7, 11) is 3.62. The standard InChI is InChI=1S/C16H22N4O3/c1-11-4-5-14(23-3)13(10-11)17-15(21)16(22)19-18-12-6-8-20(2)9-7-12/h4-6,10,18H,7-9H2,1-3H3,(H,17,21)(H,19,22)/p+1. The number of hydrazine groups is 1. The number of hydrogen-bond acceptors (Lipinski definition) is 4. The number of ether oxygens (including phenoxy) is 1. The molecule has 0 aromatic heterocycles. The fraction of sp³-hybridized carbons (Fsp3) is 0.375. The lowest BCUT2D eigenvalue weighted by Crippen LogP contribution is -3.09. The number of aryl methyl sites for hydroxylation is 1. The summed E-state index contributed by atoms with van der Waals surface area (Å²) in [5, 5.41) is 2.56. The van der Waals surface area contributed by atoms with Crippen LogP contribution in [0.1, 0.15) is 12.0 Å². The van der Waals surface area contributed by atoms with Gasteiger partial charge in [0.15, 0.2) is 0 Å². The van der Waals surface area contributed by atoms with Gasteiger partial charge in [-0.15, -0.1) is 0 Å². The van der Waals surface area contributed by atoms with Crippen LogP contribution in [0.25, 0.3) is 0 Å². The van der Waals surface area contributed by atoms with E-state index in [-0.39, 0.29) is 0 Å². The number of methoxy groups -OCH3 is 1. The summed E-state index contributed by atoms with van der Waals surface area (Å²) in [4.78, 5) is 25.3. The van der Waals surface area contributed by atoms with Crippen molar-refractivity contribution in [2.45, 2.75) is 13.3 Å². The Morgan fingerprint density at radius 3 is 2.70 bits per heavy atom. The Bertz CT molecular complexity index is 628. The molecular formula is C16H23N4O3+. The number of hydrogen-bond donors (Lipinski definition) is 4. The first-order valence-electron chi connectivity index (χ1n) is 7.52. The van der Waals surface area contributed by atoms with Gasteiger partial charge in [-0.05, 0) is 30.7 Å². The number of rotatable bonds is 4. The maximum Gasteiger partial charge on any atom is 0.327 e. The van der Waals surface area contributed by atoms with Gasteiger partial charge in [0.05, 0.1) is 32.9 Å². The van der Waals surface area contributed by atoms with Crippen molar-refractivity contribution in [2.75, 3.05) is 32.6 Å². The van der Waals surface area contributed by atoms with E-state index in [9.17, 15) is 9.59 Å². The summed E-state index contributed by atoms with van der Waals surface area (Å²) in [6, 6.07) is 5.36. The first-order chi connectivity index (χ1) is 11.0. The molecular weight excluding hydrogens is 296 g/mol. The average molecular weight is 319 g/mol. The predicted octanol–water partition coefficient (Wildman–Crippen LogP) is -0.635. The molecule has 0 aliphatic carbocycles. The van der Waals surface area contributed by atoms with Crippen molar-refractivity contribution in [2.24, 2.45) is 0 Å². The highest BCUT2D eigenvalue weighted by atomic mass is 16.5. The maximum atomic E-state index is 12.0. The van der Waals surface area contributed by atoms with E-state index in [0.717, 1.165) is 30.8 Å². The molecule has 4 N–H and O–H groups in total. The zero-order chi connectivity index (χ0) is 16.8. The molecule has 7 nitrogen and oxygen atoms in total. The minimum Gasteiger partial charge on any atom is -0.495 e. The van der Waals surface area contributed by atoms with Crippen molar-refractivity contribution in [3.8, 4) is 5.75 Å². The largest absolute Gasteiger partial charge is 0.495 e. The van der Waals surface area contributed by atoms with Crippen molar-refractivity contribution in [3.05, 3.63) is 35.5 Å². The molecule has 23 heavy (non-hydrogen) atoms. The molecule has 2 amide bonds. The Labute approximate surface area is 135 Å². The van der Waals surface area contributed by atoms with E-state index in [2.05, 4.69) is 23.2 Å². The van der Waals surface area contributed by atoms with E-state index in [1.807, 2.05) is 19.1 Å². The van der Waals surface area contributed by atoms with Crippen molar-refractivity contribution in [1.29, 1.82) is 0 Å². The summed E-state index contributed by atoms with van der Waals surface area (Å²) in [6.07, 6.45) is 2.85. The summed E-state index contributed by atoms with van der Waals surface area (Å²) in [6.45, 7) is 3.78. The summed E-state index contributed by atoms with van der Waals surface area (Å²) in [5.74, 6) is -0.994. The van der Waals surface area contributed by atoms with Crippen LogP contribution >= 0.6 is 0 Å². The van der Waals surface area contributed by atoms with Crippen LogP contribution in [0.4, 0.5) is 5.69 Å². The van der Waals surface area contributed by atoms with Gasteiger partial charge in [-0.3, -0.25) is 15.0 Å². The number of likely N-dealkylation sites (N-methyl/N-ethyl adjacent to an activating group) is 1. The van der Waals surface area contributed by atoms with Gasteiger partial charge in [0, 0.05) is 12.1 Å². The number of anilines is 1. The smallest absolute Gasteiger partial charge is 0.327 e. The molecule has 1 aromatic carbocycles. The minimum atomic E-state index is -0.749. The molecule has 0 saturated heterocycles. The normalized spacial score (nSPS) is 17.0. The quantitative estimate of drug-likeness (QED) is 0.440. The maximum absolute atomic E-state index is 12.0. The average Bonchev–Trinajstić information content (AvgIpc) is 2.54. The number of carbonyl (C=O) groups excluding carboxylic acids is 2. The minimum absolute atomic E-state index is 0.467. The molecule has 1 atom stereocenters. The van der Waals surface area contributed by atoms with Crippen LogP contribution in [-0.2, 0) is 9.59 Å². The van der Waals surface area contributed by atoms with E-state index in [1.54, 1.807) is 12.1 Å². The zero-order valence-corrected chi connectivity index (χ0v) is 13.7. The van der Waals surface area contributed by atoms with Crippen molar-refractivity contribution in [1.82, 2.24) is 10.9 Å². The van der Waals surface area contributed by atoms with Gasteiger partial charge < -0.3 is 20.4 Å². The number of benzene rings is 1. The second-order valence-electron chi connectivity index (χ2n) is 5.63. The zero-order valence-electron chi connectivity index (χ0n) is 13.7. The number of amides is 2. The van der Waals surface area contributed by atoms with Gasteiger partial charge in [-0.25, -0.2) is 0 Å². The molecule has 0 radical (unpaired) electrons. The molecule has 7 heteroatoms. The Morgan fingerprint density at radius 1 is 1.26 bits per heavy atom. The fourth-order valence-electron chi connectivity index (χ4n) is 2.26. The SMILES string of the molecule is COc1ccc(C)cc1NC(=O)C(=O)NNC1=CC[NH+](C)CC1. The van der Waals surface area contributed by atoms with Gasteiger partial charge in [0.25, 0.3) is 0 Å². The fourth-order valence-corrected chi connectivity index (χ4v) is 2.26. The topological polar surface area (TPSA) is 83.9 Å². The molecule has 0 fully saturated rings. The monoisotopic (exact) mass is 319 g/mol. The van der Waals surface area contributed by atoms with Crippen LogP contribution in [0.15, 0.2) is 30.0 Å². The number of quaternary nitrogens is 1. The van der Waals surface area contributed by atoms with Gasteiger partial charge >= 0.3 is 11.8 Å². The highest BCUT2D eigenvalue weighted by Crippen LogP contribution is 2.24. The van der Waals surface area contributed by atoms with Gasteiger partial charge in [-0.2, -0.15) is 0 Å². The molecule has 0 spiro atoms. The summed E-state index contributed by atoms with van der Waals surface area (Å²) < 4.78 is 5.17. The van der Waals surface area contributed by atoms with Crippen LogP contribution in [-0.4, -0.2) is 39.1 Å². The van der Waals surface area contributed by atoms with Crippen LogP contribution < -0.4 is 25.8 Å². The third-order valence-corrected chi connectivity index (χ3v) is 3.66. The Kier molecular flexibility index (Phi) is 5.59. The lowest BCUT2D eigenvalue weighted by Gasteiger charge is -2.20. The van der Waals surface area contributed by atoms with Crippen molar-refractivity contribution >= 4 is 17.5 Å². The van der Waals surface area contributed by atoms with Crippen molar-refractivity contribution < 1.29 is 19.2 Å². The van der Waals surface area contributed by atoms with Gasteiger partial charge in [0.2, 0.25) is 0 Å². The van der Waals surface area contributed by atoms with Crippen LogP contribution in [0.3, 0.4) is 0 Å². The van der Waals surface area contributed by atoms with E-state index in [1.165, 1.54) is 12.0 Å². The highest BCUT2D eigenvalue weighted by Gasteiger charge is 2.17. The van der Waals surface area contributed by atoms with Crippen LogP contribution in [0, 0.1) is 6.92 Å². The van der Waals surface area contributed by atoms with E-state index in [4.69, 9.17) is 4.74 Å². The third kappa shape index (κ3) is 4.72. The summed E-state index contributed by atoms with van der Waals surface area (Å²) >= 11 is 0. The Hall–Kier alpha value is -2.54. The number of nitrogens with one attached hydrogen (secondary N) is 4. The molecule has 1 aromatic rings. The first-order valence-corrected chi connectivity index (χ1v) is 7.52. The van der Waals surface area contributed by atoms with Gasteiger partial charge in [-0.1, -0.05) is 6.07 Å². The molecule has 0 bridgehead atoms. The predicted molar refractivity (Wildman–Crippen MR) is 87.0 cm³/mol. The molecule has 1 aliphatic rings. The van der Waals surface area contributed by atoms with Crippen molar-refractivity contribution in [3.63, 3.8) is 0 Å². The second kappa shape index (κ2) is 7.64. The molecule has 1 unspecified atom stereocenters. The molecule has 2 rings (SSSR count). The second-order valence-corrected chi connectivity index (χ2v) is 5.63. The lowest BCUT2D eigenvalue weighted by molar-refractivity contribution is -0.875. The van der Waals surface area contributed by atoms with E-state index >= 15 is 0 Å². The number of carbonyl (C=O) groups is 2. The van der Waals surface area contributed by atoms with E-state index < -0.39 is 11.8 Å². The molecule has 1 aliphatic heterocycles.